The molecular weight excluding hydrogens is 1140 g/mol. The van der Waals surface area contributed by atoms with Gasteiger partial charge >= 0.3 is 0 Å². The Kier molecular flexibility index (Phi) is 63.9. The van der Waals surface area contributed by atoms with Gasteiger partial charge in [-0.05, 0) is 70.6 Å². The molecule has 0 heterocycles. The molecule has 0 unspecified atom stereocenters. The molecule has 12 heteroatoms. The van der Waals surface area contributed by atoms with Gasteiger partial charge in [0.15, 0.2) is 35.2 Å². The quantitative estimate of drug-likeness (QED) is 0.116. The second-order valence-corrected chi connectivity index (χ2v) is 29.9. The zero-order valence-electron chi connectivity index (χ0n) is 60.4. The standard InChI is InChI=1S/5C15H30O2.C4H10O2/c5*16-15(17)13-11-9-7-5-3-1-2-4-6-8-10-12-14-15;1-2-3-4(5)6/h5*16-17H,1-14H2;4-6H,2-3H2,1H3. The van der Waals surface area contributed by atoms with E-state index in [4.69, 9.17) is 10.2 Å². The molecule has 5 saturated carbocycles. The summed E-state index contributed by atoms with van der Waals surface area (Å²) in [5.74, 6) is -6.94. The van der Waals surface area contributed by atoms with Crippen LogP contribution in [-0.4, -0.2) is 96.5 Å². The molecule has 0 spiro atoms. The topological polar surface area (TPSA) is 243 Å². The van der Waals surface area contributed by atoms with Gasteiger partial charge in [-0.3, -0.25) is 0 Å². The summed E-state index contributed by atoms with van der Waals surface area (Å²) in [4.78, 5) is 0. The van der Waals surface area contributed by atoms with Crippen LogP contribution in [0, 0.1) is 0 Å². The molecule has 0 atom stereocenters. The summed E-state index contributed by atoms with van der Waals surface area (Å²) >= 11 is 0. The van der Waals surface area contributed by atoms with E-state index in [0.29, 0.717) is 70.6 Å². The van der Waals surface area contributed by atoms with Crippen LogP contribution in [0.1, 0.15) is 469 Å². The molecule has 5 rings (SSSR count). The molecule has 548 valence electrons. The SMILES string of the molecule is CCCC(O)O.OC1(O)CCCCCCCCCCCCCC1.OC1(O)CCCCCCCCCCCCCC1.OC1(O)CCCCCCCCCCCCCC1.OC1(O)CCCCCCCCCCCCCC1.OC1(O)CCCCCCCCCCCCCC1. The van der Waals surface area contributed by atoms with E-state index in [1.165, 1.54) is 257 Å². The number of hydrogen-bond donors (Lipinski definition) is 12. The normalized spacial score (nSPS) is 24.7. The first kappa shape index (κ1) is 90.5. The van der Waals surface area contributed by atoms with Crippen LogP contribution in [0.4, 0.5) is 0 Å². The number of rotatable bonds is 2. The third-order valence-corrected chi connectivity index (χ3v) is 20.1. The van der Waals surface area contributed by atoms with E-state index in [1.807, 2.05) is 6.92 Å². The van der Waals surface area contributed by atoms with Gasteiger partial charge in [0.1, 0.15) is 0 Å². The Bertz CT molecular complexity index is 1120. The van der Waals surface area contributed by atoms with Gasteiger partial charge in [-0.15, -0.1) is 0 Å². The van der Waals surface area contributed by atoms with Crippen molar-refractivity contribution in [3.05, 3.63) is 0 Å². The van der Waals surface area contributed by atoms with Gasteiger partial charge < -0.3 is 61.3 Å². The molecule has 0 amide bonds. The van der Waals surface area contributed by atoms with Crippen LogP contribution in [0.3, 0.4) is 0 Å². The molecule has 5 aliphatic rings. The molecule has 0 bridgehead atoms. The maximum atomic E-state index is 9.80. The molecule has 0 aromatic rings. The minimum absolute atomic E-state index is 0.486. The Hall–Kier alpha value is -0.480. The van der Waals surface area contributed by atoms with Gasteiger partial charge in [0.2, 0.25) is 0 Å². The van der Waals surface area contributed by atoms with Gasteiger partial charge in [-0.2, -0.15) is 0 Å². The van der Waals surface area contributed by atoms with Crippen LogP contribution in [0.25, 0.3) is 0 Å². The molecule has 12 nitrogen and oxygen atoms in total. The highest BCUT2D eigenvalue weighted by Gasteiger charge is 2.25. The largest absolute Gasteiger partial charge is 0.368 e. The molecular formula is C79H160O12. The summed E-state index contributed by atoms with van der Waals surface area (Å²) in [7, 11) is 0. The fourth-order valence-corrected chi connectivity index (χ4v) is 13.8. The fourth-order valence-electron chi connectivity index (χ4n) is 13.8. The lowest BCUT2D eigenvalue weighted by Crippen LogP contribution is -2.27. The molecule has 0 saturated heterocycles. The minimum atomic E-state index is -1.39. The molecule has 0 radical (unpaired) electrons. The van der Waals surface area contributed by atoms with Crippen LogP contribution < -0.4 is 0 Å². The zero-order chi connectivity index (χ0) is 67.0. The van der Waals surface area contributed by atoms with Crippen molar-refractivity contribution in [3.8, 4) is 0 Å². The minimum Gasteiger partial charge on any atom is -0.368 e. The molecule has 0 aromatic heterocycles. The van der Waals surface area contributed by atoms with Gasteiger partial charge in [0.25, 0.3) is 0 Å². The Morgan fingerprint density at radius 3 is 0.297 bits per heavy atom. The number of hydrogen-bond acceptors (Lipinski definition) is 12. The van der Waals surface area contributed by atoms with Crippen molar-refractivity contribution in [2.75, 3.05) is 0 Å². The molecule has 91 heavy (non-hydrogen) atoms. The van der Waals surface area contributed by atoms with E-state index in [0.717, 1.165) is 135 Å². The predicted molar refractivity (Wildman–Crippen MR) is 382 cm³/mol. The lowest BCUT2D eigenvalue weighted by Gasteiger charge is -2.21. The van der Waals surface area contributed by atoms with Crippen LogP contribution in [-0.2, 0) is 0 Å². The Morgan fingerprint density at radius 2 is 0.242 bits per heavy atom. The predicted octanol–water partition coefficient (Wildman–Crippen LogP) is 20.8. The van der Waals surface area contributed by atoms with Gasteiger partial charge in [-0.25, -0.2) is 0 Å². The Morgan fingerprint density at radius 1 is 0.165 bits per heavy atom. The van der Waals surface area contributed by atoms with Crippen LogP contribution in [0.5, 0.6) is 0 Å². The van der Waals surface area contributed by atoms with Crippen molar-refractivity contribution in [1.29, 1.82) is 0 Å². The van der Waals surface area contributed by atoms with E-state index >= 15 is 0 Å². The fraction of sp³-hybridized carbons (Fsp3) is 1.00. The van der Waals surface area contributed by atoms with Crippen molar-refractivity contribution >= 4 is 0 Å². The highest BCUT2D eigenvalue weighted by Crippen LogP contribution is 2.28. The van der Waals surface area contributed by atoms with E-state index in [9.17, 15) is 51.1 Å². The summed E-state index contributed by atoms with van der Waals surface area (Å²) in [6.07, 6.45) is 80.5. The van der Waals surface area contributed by atoms with E-state index in [-0.39, 0.29) is 0 Å². The highest BCUT2D eigenvalue weighted by molar-refractivity contribution is 4.70. The van der Waals surface area contributed by atoms with Crippen molar-refractivity contribution in [1.82, 2.24) is 0 Å². The summed E-state index contributed by atoms with van der Waals surface area (Å²) in [5, 5.41) is 114. The lowest BCUT2D eigenvalue weighted by atomic mass is 10.00. The first-order chi connectivity index (χ1) is 43.8. The third-order valence-electron chi connectivity index (χ3n) is 20.1. The smallest absolute Gasteiger partial charge is 0.162 e. The molecule has 0 aliphatic heterocycles. The average Bonchev–Trinajstić information content (AvgIpc) is 3.75. The number of aliphatic hydroxyl groups excluding tert-OH is 1. The van der Waals surface area contributed by atoms with Gasteiger partial charge in [0, 0.05) is 64.2 Å². The van der Waals surface area contributed by atoms with Crippen LogP contribution >= 0.6 is 0 Å². The summed E-state index contributed by atoms with van der Waals surface area (Å²) in [5.41, 5.74) is 0. The van der Waals surface area contributed by atoms with E-state index in [1.54, 1.807) is 0 Å². The summed E-state index contributed by atoms with van der Waals surface area (Å²) in [6, 6.07) is 0. The van der Waals surface area contributed by atoms with Crippen molar-refractivity contribution < 1.29 is 61.3 Å². The van der Waals surface area contributed by atoms with Crippen LogP contribution in [0.15, 0.2) is 0 Å². The Balaban J connectivity index is 0.00000109. The zero-order valence-corrected chi connectivity index (χ0v) is 60.4. The Labute approximate surface area is 563 Å². The monoisotopic (exact) mass is 1300 g/mol. The first-order valence-electron chi connectivity index (χ1n) is 40.4. The maximum Gasteiger partial charge on any atom is 0.162 e. The second-order valence-electron chi connectivity index (χ2n) is 29.9. The van der Waals surface area contributed by atoms with Crippen molar-refractivity contribution in [3.63, 3.8) is 0 Å². The number of aliphatic hydroxyl groups is 12. The van der Waals surface area contributed by atoms with Crippen LogP contribution in [0.2, 0.25) is 0 Å². The van der Waals surface area contributed by atoms with Crippen molar-refractivity contribution in [2.45, 2.75) is 504 Å². The first-order valence-corrected chi connectivity index (χ1v) is 40.4. The molecule has 0 aromatic carbocycles. The second kappa shape index (κ2) is 64.2. The molecule has 12 N–H and O–H groups in total. The lowest BCUT2D eigenvalue weighted by molar-refractivity contribution is -0.172. The third kappa shape index (κ3) is 72.1. The average molecular weight is 1300 g/mol. The molecule has 5 fully saturated rings. The molecule has 5 aliphatic carbocycles. The summed E-state index contributed by atoms with van der Waals surface area (Å²) < 4.78 is 0. The van der Waals surface area contributed by atoms with E-state index < -0.39 is 35.2 Å². The maximum absolute atomic E-state index is 9.80. The summed E-state index contributed by atoms with van der Waals surface area (Å²) in [6.45, 7) is 1.90. The van der Waals surface area contributed by atoms with Gasteiger partial charge in [0.05, 0.1) is 0 Å². The van der Waals surface area contributed by atoms with Crippen molar-refractivity contribution in [2.24, 2.45) is 0 Å². The van der Waals surface area contributed by atoms with E-state index in [2.05, 4.69) is 0 Å². The highest BCUT2D eigenvalue weighted by atomic mass is 16.5. The van der Waals surface area contributed by atoms with Gasteiger partial charge in [-0.1, -0.05) is 334 Å².